The lowest BCUT2D eigenvalue weighted by atomic mass is 9.94. The molecule has 0 amide bonds. The van der Waals surface area contributed by atoms with E-state index in [0.717, 1.165) is 39.0 Å². The number of rotatable bonds is 13. The summed E-state index contributed by atoms with van der Waals surface area (Å²) in [6, 6.07) is 0. The summed E-state index contributed by atoms with van der Waals surface area (Å²) in [7, 11) is 1.70. The first kappa shape index (κ1) is 17.9. The van der Waals surface area contributed by atoms with Crippen molar-refractivity contribution in [3.63, 3.8) is 0 Å². The van der Waals surface area contributed by atoms with E-state index in [9.17, 15) is 5.11 Å². The van der Waals surface area contributed by atoms with Crippen molar-refractivity contribution in [3.05, 3.63) is 0 Å². The fourth-order valence-electron chi connectivity index (χ4n) is 2.07. The summed E-state index contributed by atoms with van der Waals surface area (Å²) in [6.07, 6.45) is 9.46. The molecule has 18 heavy (non-hydrogen) atoms. The van der Waals surface area contributed by atoms with Gasteiger partial charge in [0.1, 0.15) is 0 Å². The van der Waals surface area contributed by atoms with Crippen molar-refractivity contribution in [1.29, 1.82) is 0 Å². The molecule has 3 heteroatoms. The molecule has 0 radical (unpaired) electrons. The average Bonchev–Trinajstić information content (AvgIpc) is 2.33. The molecule has 0 aliphatic rings. The predicted octanol–water partition coefficient (Wildman–Crippen LogP) is 3.11. The van der Waals surface area contributed by atoms with Crippen LogP contribution in [-0.2, 0) is 4.74 Å². The fourth-order valence-corrected chi connectivity index (χ4v) is 2.07. The van der Waals surface area contributed by atoms with Gasteiger partial charge in [0, 0.05) is 13.7 Å². The molecule has 0 aromatic carbocycles. The maximum Gasteiger partial charge on any atom is 0.0631 e. The van der Waals surface area contributed by atoms with E-state index in [1.165, 1.54) is 32.1 Å². The summed E-state index contributed by atoms with van der Waals surface area (Å²) in [5.74, 6) is 0. The quantitative estimate of drug-likeness (QED) is 0.499. The number of nitrogens with one attached hydrogen (secondary N) is 1. The standard InChI is InChI=1S/C15H33NO2/c1-4-5-6-7-8-9-10-15(2,17)11-12-16-13-14-18-3/h16-17H,4-14H2,1-3H3. The van der Waals surface area contributed by atoms with E-state index in [1.54, 1.807) is 7.11 Å². The highest BCUT2D eigenvalue weighted by Crippen LogP contribution is 2.18. The number of ether oxygens (including phenoxy) is 1. The Labute approximate surface area is 113 Å². The van der Waals surface area contributed by atoms with E-state index in [4.69, 9.17) is 4.74 Å². The molecule has 3 nitrogen and oxygen atoms in total. The molecule has 0 spiro atoms. The Balaban J connectivity index is 3.37. The van der Waals surface area contributed by atoms with Gasteiger partial charge in [-0.2, -0.15) is 0 Å². The third-order valence-corrected chi connectivity index (χ3v) is 3.39. The second-order valence-electron chi connectivity index (χ2n) is 5.51. The molecular weight excluding hydrogens is 226 g/mol. The number of unbranched alkanes of at least 4 members (excludes halogenated alkanes) is 5. The van der Waals surface area contributed by atoms with Crippen molar-refractivity contribution >= 4 is 0 Å². The van der Waals surface area contributed by atoms with E-state index in [-0.39, 0.29) is 0 Å². The number of hydrogen-bond donors (Lipinski definition) is 2. The number of hydrogen-bond acceptors (Lipinski definition) is 3. The van der Waals surface area contributed by atoms with Gasteiger partial charge in [-0.1, -0.05) is 45.4 Å². The topological polar surface area (TPSA) is 41.5 Å². The average molecular weight is 259 g/mol. The maximum atomic E-state index is 10.2. The summed E-state index contributed by atoms with van der Waals surface area (Å²) in [4.78, 5) is 0. The van der Waals surface area contributed by atoms with Crippen LogP contribution in [0.4, 0.5) is 0 Å². The van der Waals surface area contributed by atoms with E-state index in [2.05, 4.69) is 12.2 Å². The van der Waals surface area contributed by atoms with E-state index in [1.807, 2.05) is 6.92 Å². The monoisotopic (exact) mass is 259 g/mol. The normalized spacial score (nSPS) is 14.7. The van der Waals surface area contributed by atoms with Gasteiger partial charge in [0.25, 0.3) is 0 Å². The third kappa shape index (κ3) is 12.3. The molecule has 0 aromatic heterocycles. The first-order valence-corrected chi connectivity index (χ1v) is 7.54. The smallest absolute Gasteiger partial charge is 0.0631 e. The largest absolute Gasteiger partial charge is 0.390 e. The molecule has 0 fully saturated rings. The highest BCUT2D eigenvalue weighted by Gasteiger charge is 2.18. The van der Waals surface area contributed by atoms with Crippen LogP contribution in [-0.4, -0.2) is 37.5 Å². The number of aliphatic hydroxyl groups is 1. The Morgan fingerprint density at radius 1 is 1.00 bits per heavy atom. The van der Waals surface area contributed by atoms with Crippen LogP contribution >= 0.6 is 0 Å². The van der Waals surface area contributed by atoms with Gasteiger partial charge in [-0.3, -0.25) is 0 Å². The highest BCUT2D eigenvalue weighted by atomic mass is 16.5. The summed E-state index contributed by atoms with van der Waals surface area (Å²) in [5, 5.41) is 13.5. The third-order valence-electron chi connectivity index (χ3n) is 3.39. The summed E-state index contributed by atoms with van der Waals surface area (Å²) < 4.78 is 4.96. The van der Waals surface area contributed by atoms with E-state index < -0.39 is 5.60 Å². The van der Waals surface area contributed by atoms with Gasteiger partial charge < -0.3 is 15.2 Å². The van der Waals surface area contributed by atoms with Crippen molar-refractivity contribution in [3.8, 4) is 0 Å². The second kappa shape index (κ2) is 11.9. The van der Waals surface area contributed by atoms with Gasteiger partial charge in [0.15, 0.2) is 0 Å². The lowest BCUT2D eigenvalue weighted by Crippen LogP contribution is -2.31. The molecule has 1 atom stereocenters. The highest BCUT2D eigenvalue weighted by molar-refractivity contribution is 4.73. The van der Waals surface area contributed by atoms with Crippen molar-refractivity contribution in [2.75, 3.05) is 26.8 Å². The second-order valence-corrected chi connectivity index (χ2v) is 5.51. The molecule has 0 rings (SSSR count). The van der Waals surface area contributed by atoms with Crippen molar-refractivity contribution in [2.24, 2.45) is 0 Å². The van der Waals surface area contributed by atoms with Crippen LogP contribution in [0.1, 0.15) is 65.2 Å². The van der Waals surface area contributed by atoms with Gasteiger partial charge in [0.05, 0.1) is 12.2 Å². The fraction of sp³-hybridized carbons (Fsp3) is 1.00. The number of methoxy groups -OCH3 is 1. The molecule has 0 bridgehead atoms. The van der Waals surface area contributed by atoms with Gasteiger partial charge >= 0.3 is 0 Å². The molecule has 0 saturated heterocycles. The van der Waals surface area contributed by atoms with E-state index in [0.29, 0.717) is 0 Å². The summed E-state index contributed by atoms with van der Waals surface area (Å²) >= 11 is 0. The Hall–Kier alpha value is -0.120. The molecule has 110 valence electrons. The minimum atomic E-state index is -0.509. The summed E-state index contributed by atoms with van der Waals surface area (Å²) in [6.45, 7) is 6.66. The maximum absolute atomic E-state index is 10.2. The zero-order valence-electron chi connectivity index (χ0n) is 12.6. The van der Waals surface area contributed by atoms with Gasteiger partial charge in [-0.05, 0) is 26.3 Å². The zero-order valence-corrected chi connectivity index (χ0v) is 12.6. The van der Waals surface area contributed by atoms with Crippen molar-refractivity contribution in [1.82, 2.24) is 5.32 Å². The van der Waals surface area contributed by atoms with Gasteiger partial charge in [-0.15, -0.1) is 0 Å². The van der Waals surface area contributed by atoms with Crippen LogP contribution in [0.25, 0.3) is 0 Å². The molecule has 1 unspecified atom stereocenters. The molecule has 0 saturated carbocycles. The minimum absolute atomic E-state index is 0.509. The first-order valence-electron chi connectivity index (χ1n) is 7.54. The Morgan fingerprint density at radius 3 is 2.33 bits per heavy atom. The van der Waals surface area contributed by atoms with Gasteiger partial charge in [0.2, 0.25) is 0 Å². The SMILES string of the molecule is CCCCCCCCC(C)(O)CCNCCOC. The lowest BCUT2D eigenvalue weighted by molar-refractivity contribution is 0.0391. The Bertz CT molecular complexity index is 172. The molecule has 0 aromatic rings. The minimum Gasteiger partial charge on any atom is -0.390 e. The van der Waals surface area contributed by atoms with Crippen molar-refractivity contribution in [2.45, 2.75) is 70.8 Å². The van der Waals surface area contributed by atoms with Crippen LogP contribution in [0.15, 0.2) is 0 Å². The molecular formula is C15H33NO2. The van der Waals surface area contributed by atoms with Crippen molar-refractivity contribution < 1.29 is 9.84 Å². The molecule has 0 heterocycles. The summed E-state index contributed by atoms with van der Waals surface area (Å²) in [5.41, 5.74) is -0.509. The van der Waals surface area contributed by atoms with Crippen LogP contribution in [0.5, 0.6) is 0 Å². The van der Waals surface area contributed by atoms with Crippen LogP contribution in [0, 0.1) is 0 Å². The zero-order chi connectivity index (χ0) is 13.7. The van der Waals surface area contributed by atoms with Crippen LogP contribution < -0.4 is 5.32 Å². The predicted molar refractivity (Wildman–Crippen MR) is 78.0 cm³/mol. The Morgan fingerprint density at radius 2 is 1.67 bits per heavy atom. The molecule has 0 aliphatic heterocycles. The lowest BCUT2D eigenvalue weighted by Gasteiger charge is -2.23. The first-order chi connectivity index (χ1) is 8.62. The molecule has 0 aliphatic carbocycles. The molecule has 2 N–H and O–H groups in total. The van der Waals surface area contributed by atoms with Crippen LogP contribution in [0.2, 0.25) is 0 Å². The van der Waals surface area contributed by atoms with Crippen LogP contribution in [0.3, 0.4) is 0 Å². The van der Waals surface area contributed by atoms with E-state index >= 15 is 0 Å². The Kier molecular flexibility index (Phi) is 11.9. The van der Waals surface area contributed by atoms with Gasteiger partial charge in [-0.25, -0.2) is 0 Å².